The Labute approximate surface area is 148 Å². The third kappa shape index (κ3) is 4.95. The van der Waals surface area contributed by atoms with Gasteiger partial charge in [-0.1, -0.05) is 25.0 Å². The van der Waals surface area contributed by atoms with Crippen LogP contribution in [0.3, 0.4) is 0 Å². The minimum absolute atomic E-state index is 0.0212. The molecule has 3 atom stereocenters. The van der Waals surface area contributed by atoms with E-state index in [4.69, 9.17) is 14.6 Å². The number of aliphatic carboxylic acids is 1. The molecule has 6 heteroatoms. The second kappa shape index (κ2) is 8.85. The number of hydrogen-bond donors (Lipinski definition) is 1. The maximum absolute atomic E-state index is 12.9. The van der Waals surface area contributed by atoms with Crippen LogP contribution < -0.4 is 4.74 Å². The number of carboxylic acid groups (broad SMARTS) is 1. The number of carbonyl (C=O) groups is 2. The van der Waals surface area contributed by atoms with Gasteiger partial charge in [0.05, 0.1) is 13.2 Å². The first-order valence-corrected chi connectivity index (χ1v) is 8.76. The average molecular weight is 349 g/mol. The first kappa shape index (κ1) is 19.2. The lowest BCUT2D eigenvalue weighted by Gasteiger charge is -2.33. The van der Waals surface area contributed by atoms with Crippen molar-refractivity contribution in [3.63, 3.8) is 0 Å². The Morgan fingerprint density at radius 1 is 1.12 bits per heavy atom. The van der Waals surface area contributed by atoms with Gasteiger partial charge in [-0.3, -0.25) is 4.79 Å². The van der Waals surface area contributed by atoms with Crippen molar-refractivity contribution in [2.75, 3.05) is 13.7 Å². The molecule has 1 saturated heterocycles. The Hall–Kier alpha value is -2.08. The highest BCUT2D eigenvalue weighted by Crippen LogP contribution is 2.32. The molecule has 1 heterocycles. The molecule has 0 radical (unpaired) electrons. The smallest absolute Gasteiger partial charge is 0.332 e. The van der Waals surface area contributed by atoms with Crippen LogP contribution in [0.1, 0.15) is 51.1 Å². The van der Waals surface area contributed by atoms with E-state index in [-0.39, 0.29) is 11.9 Å². The van der Waals surface area contributed by atoms with Crippen LogP contribution in [0.4, 0.5) is 0 Å². The molecule has 1 aromatic rings. The number of methoxy groups -OCH3 is 1. The molecule has 25 heavy (non-hydrogen) atoms. The number of rotatable bonds is 6. The summed E-state index contributed by atoms with van der Waals surface area (Å²) in [4.78, 5) is 25.7. The van der Waals surface area contributed by atoms with Crippen molar-refractivity contribution >= 4 is 11.9 Å². The van der Waals surface area contributed by atoms with Gasteiger partial charge in [-0.2, -0.15) is 0 Å². The summed E-state index contributed by atoms with van der Waals surface area (Å²) >= 11 is 0. The standard InChI is InChI=1S/C19H27NO5/c1-13(25-14(2)19(22)23)18(21)20-12-6-4-5-7-17(20)15-8-10-16(24-3)11-9-15/h8-11,13-14,17H,4-7,12H2,1-3H3,(H,22,23). The van der Waals surface area contributed by atoms with Gasteiger partial charge in [0.25, 0.3) is 5.91 Å². The van der Waals surface area contributed by atoms with Crippen molar-refractivity contribution in [1.82, 2.24) is 4.90 Å². The largest absolute Gasteiger partial charge is 0.497 e. The zero-order valence-electron chi connectivity index (χ0n) is 15.1. The zero-order chi connectivity index (χ0) is 18.4. The van der Waals surface area contributed by atoms with Gasteiger partial charge >= 0.3 is 5.97 Å². The molecule has 1 aromatic carbocycles. The van der Waals surface area contributed by atoms with E-state index in [0.717, 1.165) is 37.0 Å². The van der Waals surface area contributed by atoms with Crippen LogP contribution in [-0.4, -0.2) is 47.7 Å². The van der Waals surface area contributed by atoms with E-state index in [1.54, 1.807) is 14.0 Å². The molecule has 3 unspecified atom stereocenters. The van der Waals surface area contributed by atoms with Crippen molar-refractivity contribution in [2.24, 2.45) is 0 Å². The maximum atomic E-state index is 12.9. The van der Waals surface area contributed by atoms with Gasteiger partial charge in [-0.15, -0.1) is 0 Å². The molecule has 1 aliphatic rings. The Morgan fingerprint density at radius 3 is 2.40 bits per heavy atom. The Balaban J connectivity index is 2.17. The molecule has 0 bridgehead atoms. The normalized spacial score (nSPS) is 20.4. The van der Waals surface area contributed by atoms with Crippen molar-refractivity contribution in [2.45, 2.75) is 57.8 Å². The summed E-state index contributed by atoms with van der Waals surface area (Å²) in [6, 6.07) is 7.75. The minimum Gasteiger partial charge on any atom is -0.497 e. The summed E-state index contributed by atoms with van der Waals surface area (Å²) in [5.74, 6) is -0.444. The molecule has 0 saturated carbocycles. The van der Waals surface area contributed by atoms with E-state index in [2.05, 4.69) is 0 Å². The van der Waals surface area contributed by atoms with Crippen LogP contribution in [0.15, 0.2) is 24.3 Å². The first-order valence-electron chi connectivity index (χ1n) is 8.76. The molecular weight excluding hydrogens is 322 g/mol. The van der Waals surface area contributed by atoms with Crippen molar-refractivity contribution in [3.05, 3.63) is 29.8 Å². The second-order valence-electron chi connectivity index (χ2n) is 6.43. The predicted molar refractivity (Wildman–Crippen MR) is 93.6 cm³/mol. The Morgan fingerprint density at radius 2 is 1.80 bits per heavy atom. The molecular formula is C19H27NO5. The molecule has 0 spiro atoms. The number of hydrogen-bond acceptors (Lipinski definition) is 4. The quantitative estimate of drug-likeness (QED) is 0.854. The molecule has 1 aliphatic heterocycles. The number of carbonyl (C=O) groups excluding carboxylic acids is 1. The van der Waals surface area contributed by atoms with Crippen LogP contribution in [0.5, 0.6) is 5.75 Å². The number of nitrogens with zero attached hydrogens (tertiary/aromatic N) is 1. The van der Waals surface area contributed by atoms with Crippen molar-refractivity contribution < 1.29 is 24.2 Å². The summed E-state index contributed by atoms with van der Waals surface area (Å²) in [6.45, 7) is 3.72. The Bertz CT molecular complexity index is 586. The van der Waals surface area contributed by atoms with Crippen LogP contribution in [0, 0.1) is 0 Å². The number of benzene rings is 1. The molecule has 6 nitrogen and oxygen atoms in total. The fourth-order valence-corrected chi connectivity index (χ4v) is 3.20. The topological polar surface area (TPSA) is 76.1 Å². The molecule has 0 aromatic heterocycles. The molecule has 1 amide bonds. The van der Waals surface area contributed by atoms with E-state index in [0.29, 0.717) is 6.54 Å². The van der Waals surface area contributed by atoms with Gasteiger partial charge in [0.2, 0.25) is 0 Å². The summed E-state index contributed by atoms with van der Waals surface area (Å²) in [6.07, 6.45) is 2.17. The summed E-state index contributed by atoms with van der Waals surface area (Å²) in [7, 11) is 1.62. The fourth-order valence-electron chi connectivity index (χ4n) is 3.20. The lowest BCUT2D eigenvalue weighted by Crippen LogP contribution is -2.43. The number of amides is 1. The summed E-state index contributed by atoms with van der Waals surface area (Å²) < 4.78 is 10.6. The number of ether oxygens (including phenoxy) is 2. The van der Waals surface area contributed by atoms with Crippen molar-refractivity contribution in [3.8, 4) is 5.75 Å². The highest BCUT2D eigenvalue weighted by Gasteiger charge is 2.31. The molecule has 1 fully saturated rings. The molecule has 2 rings (SSSR count). The molecule has 0 aliphatic carbocycles. The van der Waals surface area contributed by atoms with Crippen LogP contribution in [-0.2, 0) is 14.3 Å². The predicted octanol–water partition coefficient (Wildman–Crippen LogP) is 3.02. The van der Waals surface area contributed by atoms with Gasteiger partial charge in [-0.25, -0.2) is 4.79 Å². The lowest BCUT2D eigenvalue weighted by atomic mass is 10.00. The zero-order valence-corrected chi connectivity index (χ0v) is 15.1. The van der Waals surface area contributed by atoms with E-state index >= 15 is 0 Å². The third-order valence-electron chi connectivity index (χ3n) is 4.64. The van der Waals surface area contributed by atoms with E-state index in [1.165, 1.54) is 6.92 Å². The van der Waals surface area contributed by atoms with Gasteiger partial charge in [0, 0.05) is 6.54 Å². The molecule has 138 valence electrons. The van der Waals surface area contributed by atoms with E-state index in [9.17, 15) is 9.59 Å². The van der Waals surface area contributed by atoms with Gasteiger partial charge in [0.1, 0.15) is 11.9 Å². The first-order chi connectivity index (χ1) is 11.9. The van der Waals surface area contributed by atoms with Gasteiger partial charge in [-0.05, 0) is 44.4 Å². The lowest BCUT2D eigenvalue weighted by molar-refractivity contribution is -0.160. The minimum atomic E-state index is -1.07. The third-order valence-corrected chi connectivity index (χ3v) is 4.64. The molecule has 1 N–H and O–H groups in total. The van der Waals surface area contributed by atoms with E-state index < -0.39 is 18.2 Å². The van der Waals surface area contributed by atoms with Crippen LogP contribution in [0.25, 0.3) is 0 Å². The van der Waals surface area contributed by atoms with Crippen LogP contribution >= 0.6 is 0 Å². The second-order valence-corrected chi connectivity index (χ2v) is 6.43. The average Bonchev–Trinajstić information content (AvgIpc) is 2.86. The van der Waals surface area contributed by atoms with Gasteiger partial charge in [0.15, 0.2) is 6.10 Å². The van der Waals surface area contributed by atoms with Gasteiger partial charge < -0.3 is 19.5 Å². The number of carboxylic acids is 1. The van der Waals surface area contributed by atoms with E-state index in [1.807, 2.05) is 29.2 Å². The van der Waals surface area contributed by atoms with Crippen LogP contribution in [0.2, 0.25) is 0 Å². The monoisotopic (exact) mass is 349 g/mol. The fraction of sp³-hybridized carbons (Fsp3) is 0.579. The number of likely N-dealkylation sites (tertiary alicyclic amines) is 1. The summed E-state index contributed by atoms with van der Waals surface area (Å²) in [5.41, 5.74) is 1.06. The SMILES string of the molecule is COc1ccc(C2CCCCCN2C(=O)C(C)OC(C)C(=O)O)cc1. The highest BCUT2D eigenvalue weighted by atomic mass is 16.5. The maximum Gasteiger partial charge on any atom is 0.332 e. The Kier molecular flexibility index (Phi) is 6.82. The highest BCUT2D eigenvalue weighted by molar-refractivity contribution is 5.81. The van der Waals surface area contributed by atoms with Crippen molar-refractivity contribution in [1.29, 1.82) is 0 Å². The summed E-state index contributed by atoms with van der Waals surface area (Å²) in [5, 5.41) is 8.99.